The molecule has 0 aromatic heterocycles. The standard InChI is InChI=1S/C8H10O5S.Na.H/c9-6-7-12-14(10,11)13-8-4-2-1-3-5-8;;/h1-5,9H,6-7H2;;/q;+1;-1. The molecule has 1 rings (SSSR count). The smallest absolute Gasteiger partial charge is 1.00 e. The summed E-state index contributed by atoms with van der Waals surface area (Å²) in [5.41, 5.74) is 0. The van der Waals surface area contributed by atoms with Gasteiger partial charge in [-0.15, -0.1) is 0 Å². The van der Waals surface area contributed by atoms with Gasteiger partial charge in [0, 0.05) is 0 Å². The Morgan fingerprint density at radius 2 is 1.87 bits per heavy atom. The molecule has 0 amide bonds. The average Bonchev–Trinajstić information content (AvgIpc) is 2.16. The summed E-state index contributed by atoms with van der Waals surface area (Å²) < 4.78 is 30.8. The summed E-state index contributed by atoms with van der Waals surface area (Å²) in [7, 11) is -4.06. The Balaban J connectivity index is 0. The molecule has 7 heteroatoms. The second-order valence-electron chi connectivity index (χ2n) is 2.35. The Hall–Kier alpha value is -0.110. The molecule has 0 aliphatic heterocycles. The van der Waals surface area contributed by atoms with Crippen molar-refractivity contribution in [2.75, 3.05) is 13.2 Å². The van der Waals surface area contributed by atoms with Crippen LogP contribution in [0.25, 0.3) is 0 Å². The summed E-state index contributed by atoms with van der Waals surface area (Å²) in [4.78, 5) is 0. The van der Waals surface area contributed by atoms with Gasteiger partial charge in [0.2, 0.25) is 0 Å². The first kappa shape index (κ1) is 14.9. The van der Waals surface area contributed by atoms with E-state index in [2.05, 4.69) is 8.37 Å². The maximum absolute atomic E-state index is 11.0. The van der Waals surface area contributed by atoms with Crippen LogP contribution in [-0.4, -0.2) is 26.7 Å². The molecule has 1 aromatic carbocycles. The van der Waals surface area contributed by atoms with Crippen molar-refractivity contribution in [3.05, 3.63) is 30.3 Å². The molecule has 5 nitrogen and oxygen atoms in total. The van der Waals surface area contributed by atoms with E-state index in [1.807, 2.05) is 0 Å². The van der Waals surface area contributed by atoms with Crippen molar-refractivity contribution in [3.63, 3.8) is 0 Å². The topological polar surface area (TPSA) is 72.8 Å². The van der Waals surface area contributed by atoms with Crippen LogP contribution in [0, 0.1) is 0 Å². The first-order valence-corrected chi connectivity index (χ1v) is 5.22. The van der Waals surface area contributed by atoms with Gasteiger partial charge >= 0.3 is 40.0 Å². The molecular formula is C8H11NaO5S. The SMILES string of the molecule is O=S(=O)(OCCO)Oc1ccccc1.[H-].[Na+]. The number of hydrogen-bond acceptors (Lipinski definition) is 5. The molecule has 0 unspecified atom stereocenters. The molecule has 0 atom stereocenters. The number of hydrogen-bond donors (Lipinski definition) is 1. The predicted molar refractivity (Wildman–Crippen MR) is 50.1 cm³/mol. The number of benzene rings is 1. The van der Waals surface area contributed by atoms with Crippen molar-refractivity contribution < 1.29 is 52.9 Å². The maximum atomic E-state index is 11.0. The van der Waals surface area contributed by atoms with Crippen LogP contribution in [0.1, 0.15) is 1.43 Å². The Morgan fingerprint density at radius 1 is 1.27 bits per heavy atom. The number of para-hydroxylation sites is 1. The number of aliphatic hydroxyl groups is 1. The van der Waals surface area contributed by atoms with E-state index in [9.17, 15) is 8.42 Å². The molecule has 0 fully saturated rings. The molecular weight excluding hydrogens is 231 g/mol. The summed E-state index contributed by atoms with van der Waals surface area (Å²) in [6.45, 7) is -0.688. The molecule has 0 bridgehead atoms. The molecule has 0 aliphatic rings. The van der Waals surface area contributed by atoms with E-state index in [0.29, 0.717) is 0 Å². The summed E-state index contributed by atoms with van der Waals surface area (Å²) >= 11 is 0. The van der Waals surface area contributed by atoms with Crippen LogP contribution in [0.3, 0.4) is 0 Å². The van der Waals surface area contributed by atoms with Gasteiger partial charge < -0.3 is 10.7 Å². The Kier molecular flexibility index (Phi) is 7.16. The minimum atomic E-state index is -4.06. The monoisotopic (exact) mass is 242 g/mol. The zero-order valence-electron chi connectivity index (χ0n) is 9.29. The molecule has 1 N–H and O–H groups in total. The van der Waals surface area contributed by atoms with Gasteiger partial charge in [-0.3, -0.25) is 0 Å². The van der Waals surface area contributed by atoms with Crippen LogP contribution in [0.2, 0.25) is 0 Å². The van der Waals surface area contributed by atoms with E-state index >= 15 is 0 Å². The maximum Gasteiger partial charge on any atom is 1.00 e. The van der Waals surface area contributed by atoms with E-state index in [-0.39, 0.29) is 49.9 Å². The Bertz CT molecular complexity index is 369. The molecule has 1 aromatic rings. The zero-order valence-corrected chi connectivity index (χ0v) is 11.1. The quantitative estimate of drug-likeness (QED) is 0.575. The van der Waals surface area contributed by atoms with Gasteiger partial charge in [0.25, 0.3) is 0 Å². The van der Waals surface area contributed by atoms with E-state index in [1.165, 1.54) is 12.1 Å². The van der Waals surface area contributed by atoms with Gasteiger partial charge in [0.15, 0.2) is 0 Å². The first-order chi connectivity index (χ1) is 6.64. The second kappa shape index (κ2) is 7.21. The third kappa shape index (κ3) is 6.14. The fraction of sp³-hybridized carbons (Fsp3) is 0.250. The van der Waals surface area contributed by atoms with Crippen LogP contribution >= 0.6 is 0 Å². The molecule has 0 heterocycles. The van der Waals surface area contributed by atoms with Crippen molar-refractivity contribution in [1.82, 2.24) is 0 Å². The van der Waals surface area contributed by atoms with E-state index in [0.717, 1.165) is 0 Å². The van der Waals surface area contributed by atoms with Crippen LogP contribution < -0.4 is 33.7 Å². The average molecular weight is 242 g/mol. The molecule has 0 spiro atoms. The van der Waals surface area contributed by atoms with Gasteiger partial charge in [-0.1, -0.05) is 18.2 Å². The fourth-order valence-corrected chi connectivity index (χ4v) is 1.43. The van der Waals surface area contributed by atoms with E-state index in [4.69, 9.17) is 5.11 Å². The zero-order chi connectivity index (χ0) is 10.4. The molecule has 0 radical (unpaired) electrons. The third-order valence-corrected chi connectivity index (χ3v) is 2.11. The van der Waals surface area contributed by atoms with Gasteiger partial charge in [-0.05, 0) is 12.1 Å². The summed E-state index contributed by atoms with van der Waals surface area (Å²) in [6, 6.07) is 7.97. The van der Waals surface area contributed by atoms with Crippen molar-refractivity contribution in [2.45, 2.75) is 0 Å². The number of aliphatic hydroxyl groups excluding tert-OH is 1. The molecule has 80 valence electrons. The van der Waals surface area contributed by atoms with E-state index < -0.39 is 10.4 Å². The van der Waals surface area contributed by atoms with Crippen LogP contribution in [0.5, 0.6) is 5.75 Å². The van der Waals surface area contributed by atoms with Gasteiger partial charge in [0.1, 0.15) is 5.75 Å². The Labute approximate surface area is 112 Å². The van der Waals surface area contributed by atoms with Crippen molar-refractivity contribution in [3.8, 4) is 5.75 Å². The number of rotatable bonds is 5. The second-order valence-corrected chi connectivity index (χ2v) is 3.57. The van der Waals surface area contributed by atoms with Gasteiger partial charge in [-0.25, -0.2) is 4.18 Å². The third-order valence-electron chi connectivity index (χ3n) is 1.26. The van der Waals surface area contributed by atoms with Crippen molar-refractivity contribution >= 4 is 10.4 Å². The minimum absolute atomic E-state index is 0. The summed E-state index contributed by atoms with van der Waals surface area (Å²) in [6.07, 6.45) is 0. The van der Waals surface area contributed by atoms with Crippen LogP contribution in [0.15, 0.2) is 30.3 Å². The Morgan fingerprint density at radius 3 is 2.40 bits per heavy atom. The van der Waals surface area contributed by atoms with Crippen LogP contribution in [-0.2, 0) is 14.6 Å². The first-order valence-electron chi connectivity index (χ1n) is 3.89. The summed E-state index contributed by atoms with van der Waals surface area (Å²) in [5.74, 6) is 0.172. The van der Waals surface area contributed by atoms with Gasteiger partial charge in [0.05, 0.1) is 13.2 Å². The van der Waals surface area contributed by atoms with Crippen molar-refractivity contribution in [1.29, 1.82) is 0 Å². The molecule has 0 saturated carbocycles. The largest absolute Gasteiger partial charge is 1.00 e. The molecule has 0 saturated heterocycles. The minimum Gasteiger partial charge on any atom is -1.00 e. The predicted octanol–water partition coefficient (Wildman–Crippen LogP) is -2.56. The fourth-order valence-electron chi connectivity index (χ4n) is 0.757. The molecule has 15 heavy (non-hydrogen) atoms. The molecule has 0 aliphatic carbocycles. The summed E-state index contributed by atoms with van der Waals surface area (Å²) in [5, 5.41) is 8.35. The van der Waals surface area contributed by atoms with Crippen molar-refractivity contribution in [2.24, 2.45) is 0 Å². The van der Waals surface area contributed by atoms with Crippen LogP contribution in [0.4, 0.5) is 0 Å². The van der Waals surface area contributed by atoms with Gasteiger partial charge in [-0.2, -0.15) is 8.42 Å². The normalized spacial score (nSPS) is 10.5. The van der Waals surface area contributed by atoms with E-state index in [1.54, 1.807) is 18.2 Å².